The van der Waals surface area contributed by atoms with Crippen molar-refractivity contribution in [2.45, 2.75) is 25.0 Å². The fourth-order valence-corrected chi connectivity index (χ4v) is 3.84. The molecule has 0 saturated carbocycles. The molecule has 4 heteroatoms. The highest BCUT2D eigenvalue weighted by Crippen LogP contribution is 2.54. The summed E-state index contributed by atoms with van der Waals surface area (Å²) in [5, 5.41) is 0.730. The van der Waals surface area contributed by atoms with Gasteiger partial charge in [0, 0.05) is 23.2 Å². The van der Waals surface area contributed by atoms with Crippen molar-refractivity contribution in [2.75, 3.05) is 11.9 Å². The molecule has 2 aromatic rings. The summed E-state index contributed by atoms with van der Waals surface area (Å²) in [7, 11) is 2.08. The summed E-state index contributed by atoms with van der Waals surface area (Å²) in [5.41, 5.74) is 6.91. The molecule has 0 amide bonds. The van der Waals surface area contributed by atoms with Crippen LogP contribution in [0.3, 0.4) is 0 Å². The topological polar surface area (TPSA) is 24.5 Å². The van der Waals surface area contributed by atoms with E-state index >= 15 is 0 Å². The van der Waals surface area contributed by atoms with Crippen molar-refractivity contribution in [2.24, 2.45) is 0 Å². The van der Waals surface area contributed by atoms with Gasteiger partial charge in [-0.3, -0.25) is 5.48 Å². The van der Waals surface area contributed by atoms with E-state index < -0.39 is 5.72 Å². The van der Waals surface area contributed by atoms with E-state index in [1.807, 2.05) is 24.3 Å². The third kappa shape index (κ3) is 1.87. The van der Waals surface area contributed by atoms with Gasteiger partial charge in [0.2, 0.25) is 0 Å². The van der Waals surface area contributed by atoms with Gasteiger partial charge in [-0.2, -0.15) is 0 Å². The maximum Gasteiger partial charge on any atom is 0.197 e. The van der Waals surface area contributed by atoms with E-state index in [4.69, 9.17) is 16.4 Å². The van der Waals surface area contributed by atoms with Gasteiger partial charge in [0.05, 0.1) is 5.70 Å². The van der Waals surface area contributed by atoms with Crippen molar-refractivity contribution in [3.63, 3.8) is 0 Å². The quantitative estimate of drug-likeness (QED) is 0.843. The molecule has 1 N–H and O–H groups in total. The number of benzene rings is 2. The highest BCUT2D eigenvalue weighted by atomic mass is 35.5. The SMILES string of the molecule is CN1c2ccccc2C(C)(C)[C@@]12C=C(c1ccc(Cl)cc1)NO2. The lowest BCUT2D eigenvalue weighted by molar-refractivity contribution is -0.0678. The lowest BCUT2D eigenvalue weighted by atomic mass is 9.77. The Morgan fingerprint density at radius 3 is 2.43 bits per heavy atom. The number of hydrogen-bond donors (Lipinski definition) is 1. The number of nitrogens with zero attached hydrogens (tertiary/aromatic N) is 1. The normalized spacial score (nSPS) is 24.5. The Hall–Kier alpha value is -1.97. The van der Waals surface area contributed by atoms with Gasteiger partial charge in [0.1, 0.15) is 0 Å². The molecule has 23 heavy (non-hydrogen) atoms. The molecule has 2 aromatic carbocycles. The van der Waals surface area contributed by atoms with Gasteiger partial charge in [-0.05, 0) is 35.4 Å². The smallest absolute Gasteiger partial charge is 0.197 e. The number of para-hydroxylation sites is 1. The predicted octanol–water partition coefficient (Wildman–Crippen LogP) is 4.34. The summed E-state index contributed by atoms with van der Waals surface area (Å²) in [6.45, 7) is 4.44. The van der Waals surface area contributed by atoms with Crippen molar-refractivity contribution < 1.29 is 4.84 Å². The molecule has 0 unspecified atom stereocenters. The molecule has 2 aliphatic rings. The fraction of sp³-hybridized carbons (Fsp3) is 0.263. The molecule has 0 aliphatic carbocycles. The molecule has 4 rings (SSSR count). The largest absolute Gasteiger partial charge is 0.340 e. The standard InChI is InChI=1S/C19H19ClN2O/c1-18(2)15-6-4-5-7-17(15)22(3)19(18)12-16(21-23-19)13-8-10-14(20)11-9-13/h4-12,21H,1-3H3/t19-/m0/s1. The van der Waals surface area contributed by atoms with E-state index in [0.717, 1.165) is 16.3 Å². The van der Waals surface area contributed by atoms with Gasteiger partial charge in [-0.1, -0.05) is 55.8 Å². The Labute approximate surface area is 141 Å². The molecule has 1 atom stereocenters. The Morgan fingerprint density at radius 2 is 1.74 bits per heavy atom. The van der Waals surface area contributed by atoms with Gasteiger partial charge < -0.3 is 4.90 Å². The second-order valence-corrected chi connectivity index (χ2v) is 7.10. The van der Waals surface area contributed by atoms with Crippen LogP contribution in [-0.2, 0) is 10.3 Å². The highest BCUT2D eigenvalue weighted by molar-refractivity contribution is 6.30. The summed E-state index contributed by atoms with van der Waals surface area (Å²) in [6, 6.07) is 16.3. The minimum absolute atomic E-state index is 0.181. The van der Waals surface area contributed by atoms with Crippen molar-refractivity contribution >= 4 is 23.0 Å². The van der Waals surface area contributed by atoms with Crippen LogP contribution in [-0.4, -0.2) is 12.8 Å². The second kappa shape index (κ2) is 4.76. The van der Waals surface area contributed by atoms with Crippen LogP contribution in [0.2, 0.25) is 5.02 Å². The van der Waals surface area contributed by atoms with Crippen LogP contribution < -0.4 is 10.4 Å². The summed E-state index contributed by atoms with van der Waals surface area (Å²) in [4.78, 5) is 8.37. The van der Waals surface area contributed by atoms with Crippen LogP contribution in [0.5, 0.6) is 0 Å². The molecular formula is C19H19ClN2O. The van der Waals surface area contributed by atoms with Crippen LogP contribution in [0.15, 0.2) is 54.6 Å². The zero-order valence-electron chi connectivity index (χ0n) is 13.4. The first-order valence-corrected chi connectivity index (χ1v) is 8.10. The number of halogens is 1. The van der Waals surface area contributed by atoms with Gasteiger partial charge in [0.25, 0.3) is 0 Å². The molecule has 3 nitrogen and oxygen atoms in total. The molecule has 1 spiro atoms. The molecule has 0 fully saturated rings. The third-order valence-corrected chi connectivity index (χ3v) is 5.40. The Kier molecular flexibility index (Phi) is 3.03. The van der Waals surface area contributed by atoms with E-state index in [2.05, 4.69) is 61.6 Å². The third-order valence-electron chi connectivity index (χ3n) is 5.14. The second-order valence-electron chi connectivity index (χ2n) is 6.67. The van der Waals surface area contributed by atoms with Crippen LogP contribution >= 0.6 is 11.6 Å². The highest BCUT2D eigenvalue weighted by Gasteiger charge is 2.58. The minimum Gasteiger partial charge on any atom is -0.340 e. The molecule has 0 aromatic heterocycles. The fourth-order valence-electron chi connectivity index (χ4n) is 3.72. The lowest BCUT2D eigenvalue weighted by Gasteiger charge is -2.39. The van der Waals surface area contributed by atoms with E-state index in [0.29, 0.717) is 0 Å². The van der Waals surface area contributed by atoms with Gasteiger partial charge in [-0.15, -0.1) is 0 Å². The van der Waals surface area contributed by atoms with Crippen LogP contribution in [0, 0.1) is 0 Å². The maximum atomic E-state index is 6.16. The number of fused-ring (bicyclic) bond motifs is 1. The van der Waals surface area contributed by atoms with Crippen molar-refractivity contribution in [3.8, 4) is 0 Å². The number of likely N-dealkylation sites (N-methyl/N-ethyl adjacent to an activating group) is 1. The summed E-state index contributed by atoms with van der Waals surface area (Å²) in [5.74, 6) is 0. The number of nitrogens with one attached hydrogen (secondary N) is 1. The van der Waals surface area contributed by atoms with Crippen LogP contribution in [0.1, 0.15) is 25.0 Å². The molecule has 118 valence electrons. The van der Waals surface area contributed by atoms with Crippen LogP contribution in [0.4, 0.5) is 5.69 Å². The molecule has 2 aliphatic heterocycles. The van der Waals surface area contributed by atoms with Gasteiger partial charge in [-0.25, -0.2) is 4.84 Å². The minimum atomic E-state index is -0.550. The first kappa shape index (κ1) is 14.6. The number of hydroxylamine groups is 1. The van der Waals surface area contributed by atoms with Crippen LogP contribution in [0.25, 0.3) is 5.70 Å². The van der Waals surface area contributed by atoms with Gasteiger partial charge in [0.15, 0.2) is 5.72 Å². The molecule has 2 heterocycles. The Bertz CT molecular complexity index is 797. The summed E-state index contributed by atoms with van der Waals surface area (Å²) in [6.07, 6.45) is 2.18. The Morgan fingerprint density at radius 1 is 1.04 bits per heavy atom. The first-order chi connectivity index (χ1) is 11.0. The maximum absolute atomic E-state index is 6.16. The van der Waals surface area contributed by atoms with Crippen molar-refractivity contribution in [1.82, 2.24) is 5.48 Å². The predicted molar refractivity (Wildman–Crippen MR) is 94.3 cm³/mol. The molecule has 0 bridgehead atoms. The van der Waals surface area contributed by atoms with Gasteiger partial charge >= 0.3 is 0 Å². The average Bonchev–Trinajstić information content (AvgIpc) is 3.07. The lowest BCUT2D eigenvalue weighted by Crippen LogP contribution is -2.54. The Balaban J connectivity index is 1.82. The number of rotatable bonds is 1. The average molecular weight is 327 g/mol. The zero-order valence-corrected chi connectivity index (χ0v) is 14.2. The molecule has 0 saturated heterocycles. The van der Waals surface area contributed by atoms with E-state index in [1.54, 1.807) is 0 Å². The monoisotopic (exact) mass is 326 g/mol. The first-order valence-electron chi connectivity index (χ1n) is 7.72. The zero-order chi connectivity index (χ0) is 16.2. The summed E-state index contributed by atoms with van der Waals surface area (Å²) >= 11 is 5.99. The van der Waals surface area contributed by atoms with Crippen molar-refractivity contribution in [1.29, 1.82) is 0 Å². The number of hydrogen-bond acceptors (Lipinski definition) is 3. The van der Waals surface area contributed by atoms with E-state index in [1.165, 1.54) is 11.3 Å². The summed E-state index contributed by atoms with van der Waals surface area (Å²) < 4.78 is 0. The molecular weight excluding hydrogens is 308 g/mol. The van der Waals surface area contributed by atoms with E-state index in [-0.39, 0.29) is 5.41 Å². The number of anilines is 1. The molecule has 0 radical (unpaired) electrons. The van der Waals surface area contributed by atoms with Crippen molar-refractivity contribution in [3.05, 3.63) is 70.8 Å². The van der Waals surface area contributed by atoms with E-state index in [9.17, 15) is 0 Å².